The van der Waals surface area contributed by atoms with Gasteiger partial charge in [0.2, 0.25) is 0 Å². The minimum Gasteiger partial charge on any atom is -0.346 e. The van der Waals surface area contributed by atoms with Crippen LogP contribution in [0.1, 0.15) is 21.7 Å². The third-order valence-corrected chi connectivity index (χ3v) is 5.23. The van der Waals surface area contributed by atoms with E-state index in [1.165, 1.54) is 30.6 Å². The average molecular weight is 374 g/mol. The van der Waals surface area contributed by atoms with E-state index >= 15 is 0 Å². The monoisotopic (exact) mass is 374 g/mol. The zero-order valence-corrected chi connectivity index (χ0v) is 14.6. The summed E-state index contributed by atoms with van der Waals surface area (Å²) in [7, 11) is -3.89. The summed E-state index contributed by atoms with van der Waals surface area (Å²) in [6, 6.07) is 5.84. The van der Waals surface area contributed by atoms with Gasteiger partial charge in [0.05, 0.1) is 34.6 Å². The normalized spacial score (nSPS) is 11.3. The van der Waals surface area contributed by atoms with Gasteiger partial charge in [0.15, 0.2) is 0 Å². The molecule has 134 valence electrons. The van der Waals surface area contributed by atoms with E-state index in [0.717, 1.165) is 21.8 Å². The summed E-state index contributed by atoms with van der Waals surface area (Å²) in [6.45, 7) is 1.97. The van der Waals surface area contributed by atoms with E-state index in [4.69, 9.17) is 0 Å². The molecule has 0 fully saturated rings. The second-order valence-electron chi connectivity index (χ2n) is 5.52. The molecule has 0 aliphatic carbocycles. The molecule has 3 aromatic rings. The quantitative estimate of drug-likeness (QED) is 0.736. The van der Waals surface area contributed by atoms with Crippen LogP contribution in [0.2, 0.25) is 0 Å². The number of amides is 1. The van der Waals surface area contributed by atoms with Crippen LogP contribution >= 0.6 is 0 Å². The third kappa shape index (κ3) is 3.77. The summed E-state index contributed by atoms with van der Waals surface area (Å²) in [4.78, 5) is 20.3. The van der Waals surface area contributed by atoms with E-state index < -0.39 is 21.7 Å². The number of nitrogens with one attached hydrogen (secondary N) is 1. The molecular weight excluding hydrogens is 359 g/mol. The van der Waals surface area contributed by atoms with Crippen LogP contribution in [0.15, 0.2) is 60.0 Å². The van der Waals surface area contributed by atoms with Gasteiger partial charge < -0.3 is 5.32 Å². The van der Waals surface area contributed by atoms with Crippen LogP contribution in [-0.4, -0.2) is 28.3 Å². The number of rotatable bonds is 5. The lowest BCUT2D eigenvalue weighted by molar-refractivity contribution is 0.0950. The van der Waals surface area contributed by atoms with Crippen molar-refractivity contribution in [2.75, 3.05) is 0 Å². The van der Waals surface area contributed by atoms with Crippen LogP contribution in [0, 0.1) is 12.7 Å². The molecule has 0 aliphatic heterocycles. The van der Waals surface area contributed by atoms with Crippen molar-refractivity contribution in [3.05, 3.63) is 77.9 Å². The summed E-state index contributed by atoms with van der Waals surface area (Å²) >= 11 is 0. The average Bonchev–Trinajstić information content (AvgIpc) is 3.12. The highest BCUT2D eigenvalue weighted by molar-refractivity contribution is 7.90. The standard InChI is InChI=1S/C17H15FN4O3S/c1-12-8-20-15(9-19-12)10-21-17(23)13-6-7-22(11-13)26(24,25)16-4-2-14(18)3-5-16/h2-9,11H,10H2,1H3,(H,21,23). The molecule has 26 heavy (non-hydrogen) atoms. The molecular formula is C17H15FN4O3S. The first kappa shape index (κ1) is 17.7. The van der Waals surface area contributed by atoms with Crippen molar-refractivity contribution in [2.45, 2.75) is 18.4 Å². The number of halogens is 1. The van der Waals surface area contributed by atoms with E-state index in [9.17, 15) is 17.6 Å². The first-order chi connectivity index (χ1) is 12.4. The molecule has 3 rings (SSSR count). The minimum absolute atomic E-state index is 0.0728. The topological polar surface area (TPSA) is 94.0 Å². The van der Waals surface area contributed by atoms with Crippen LogP contribution in [0.3, 0.4) is 0 Å². The zero-order valence-electron chi connectivity index (χ0n) is 13.8. The van der Waals surface area contributed by atoms with Crippen molar-refractivity contribution in [1.82, 2.24) is 19.3 Å². The summed E-state index contributed by atoms with van der Waals surface area (Å²) in [5, 5.41) is 2.65. The van der Waals surface area contributed by atoms with Crippen molar-refractivity contribution in [3.63, 3.8) is 0 Å². The molecule has 1 N–H and O–H groups in total. The van der Waals surface area contributed by atoms with Crippen molar-refractivity contribution < 1.29 is 17.6 Å². The summed E-state index contributed by atoms with van der Waals surface area (Å²) in [5.74, 6) is -0.976. The molecule has 0 saturated heterocycles. The fourth-order valence-electron chi connectivity index (χ4n) is 2.17. The number of aryl methyl sites for hydroxylation is 1. The number of hydrogen-bond donors (Lipinski definition) is 1. The van der Waals surface area contributed by atoms with Gasteiger partial charge in [-0.25, -0.2) is 16.8 Å². The Morgan fingerprint density at radius 3 is 2.54 bits per heavy atom. The second kappa shape index (κ2) is 7.04. The van der Waals surface area contributed by atoms with Crippen LogP contribution in [-0.2, 0) is 16.6 Å². The number of carbonyl (C=O) groups excluding carboxylic acids is 1. The molecule has 1 aromatic carbocycles. The number of benzene rings is 1. The van der Waals surface area contributed by atoms with Crippen LogP contribution in [0.4, 0.5) is 4.39 Å². The molecule has 0 bridgehead atoms. The second-order valence-corrected chi connectivity index (χ2v) is 7.36. The molecule has 2 aromatic heterocycles. The van der Waals surface area contributed by atoms with Gasteiger partial charge >= 0.3 is 0 Å². The molecule has 9 heteroatoms. The van der Waals surface area contributed by atoms with Gasteiger partial charge in [0, 0.05) is 18.6 Å². The fourth-order valence-corrected chi connectivity index (χ4v) is 3.37. The molecule has 0 atom stereocenters. The maximum atomic E-state index is 13.0. The highest BCUT2D eigenvalue weighted by Gasteiger charge is 2.18. The molecule has 2 heterocycles. The highest BCUT2D eigenvalue weighted by atomic mass is 32.2. The molecule has 0 aliphatic rings. The highest BCUT2D eigenvalue weighted by Crippen LogP contribution is 2.16. The van der Waals surface area contributed by atoms with Crippen molar-refractivity contribution in [2.24, 2.45) is 0 Å². The third-order valence-electron chi connectivity index (χ3n) is 3.58. The van der Waals surface area contributed by atoms with E-state index in [-0.39, 0.29) is 17.0 Å². The van der Waals surface area contributed by atoms with Crippen LogP contribution in [0.25, 0.3) is 0 Å². The number of carbonyl (C=O) groups is 1. The van der Waals surface area contributed by atoms with Gasteiger partial charge in [-0.15, -0.1) is 0 Å². The Bertz CT molecular complexity index is 1030. The molecule has 7 nitrogen and oxygen atoms in total. The van der Waals surface area contributed by atoms with Crippen molar-refractivity contribution in [3.8, 4) is 0 Å². The smallest absolute Gasteiger partial charge is 0.267 e. The first-order valence-electron chi connectivity index (χ1n) is 7.61. The molecule has 0 radical (unpaired) electrons. The maximum absolute atomic E-state index is 13.0. The SMILES string of the molecule is Cc1cnc(CNC(=O)c2ccn(S(=O)(=O)c3ccc(F)cc3)c2)cn1. The first-order valence-corrected chi connectivity index (χ1v) is 9.05. The van der Waals surface area contributed by atoms with E-state index in [1.54, 1.807) is 19.3 Å². The number of hydrogen-bond acceptors (Lipinski definition) is 5. The number of nitrogens with zero attached hydrogens (tertiary/aromatic N) is 3. The predicted octanol–water partition coefficient (Wildman–Crippen LogP) is 1.89. The van der Waals surface area contributed by atoms with Gasteiger partial charge in [-0.1, -0.05) is 0 Å². The van der Waals surface area contributed by atoms with E-state index in [2.05, 4.69) is 15.3 Å². The summed E-state index contributed by atoms with van der Waals surface area (Å²) < 4.78 is 38.9. The largest absolute Gasteiger partial charge is 0.346 e. The van der Waals surface area contributed by atoms with Gasteiger partial charge in [-0.2, -0.15) is 0 Å². The van der Waals surface area contributed by atoms with Crippen LogP contribution < -0.4 is 5.32 Å². The van der Waals surface area contributed by atoms with E-state index in [1.807, 2.05) is 0 Å². The lowest BCUT2D eigenvalue weighted by Crippen LogP contribution is -2.23. The molecule has 0 saturated carbocycles. The molecule has 0 spiro atoms. The van der Waals surface area contributed by atoms with Gasteiger partial charge in [0.1, 0.15) is 5.82 Å². The maximum Gasteiger partial charge on any atom is 0.267 e. The van der Waals surface area contributed by atoms with Gasteiger partial charge in [0.25, 0.3) is 15.9 Å². The lowest BCUT2D eigenvalue weighted by atomic mass is 10.3. The van der Waals surface area contributed by atoms with Crippen molar-refractivity contribution >= 4 is 15.9 Å². The molecule has 1 amide bonds. The lowest BCUT2D eigenvalue weighted by Gasteiger charge is -2.05. The van der Waals surface area contributed by atoms with Gasteiger partial charge in [-0.3, -0.25) is 14.8 Å². The Morgan fingerprint density at radius 2 is 1.88 bits per heavy atom. The Hall–Kier alpha value is -3.07. The van der Waals surface area contributed by atoms with Crippen molar-refractivity contribution in [1.29, 1.82) is 0 Å². The summed E-state index contributed by atoms with van der Waals surface area (Å²) in [5.41, 5.74) is 1.53. The minimum atomic E-state index is -3.89. The predicted molar refractivity (Wildman–Crippen MR) is 91.4 cm³/mol. The Balaban J connectivity index is 1.73. The molecule has 0 unspecified atom stereocenters. The fraction of sp³-hybridized carbons (Fsp3) is 0.118. The zero-order chi connectivity index (χ0) is 18.7. The Labute approximate surface area is 149 Å². The van der Waals surface area contributed by atoms with E-state index in [0.29, 0.717) is 5.69 Å². The van der Waals surface area contributed by atoms with Gasteiger partial charge in [-0.05, 0) is 37.3 Å². The summed E-state index contributed by atoms with van der Waals surface area (Å²) in [6.07, 6.45) is 5.61. The Kier molecular flexibility index (Phi) is 4.81. The van der Waals surface area contributed by atoms with Crippen LogP contribution in [0.5, 0.6) is 0 Å². The Morgan fingerprint density at radius 1 is 1.15 bits per heavy atom. The number of aromatic nitrogens is 3.